The quantitative estimate of drug-likeness (QED) is 0.763. The van der Waals surface area contributed by atoms with Crippen molar-refractivity contribution in [3.63, 3.8) is 0 Å². The summed E-state index contributed by atoms with van der Waals surface area (Å²) >= 11 is 0. The van der Waals surface area contributed by atoms with Gasteiger partial charge >= 0.3 is 6.03 Å². The molecule has 8 heteroatoms. The fraction of sp³-hybridized carbons (Fsp3) is 0.222. The van der Waals surface area contributed by atoms with Crippen LogP contribution in [0.3, 0.4) is 0 Å². The molecule has 134 valence electrons. The van der Waals surface area contributed by atoms with Gasteiger partial charge in [0.2, 0.25) is 0 Å². The molecule has 0 saturated heterocycles. The third-order valence-corrected chi connectivity index (χ3v) is 3.89. The lowest BCUT2D eigenvalue weighted by molar-refractivity contribution is 0.220. The van der Waals surface area contributed by atoms with Crippen molar-refractivity contribution in [3.05, 3.63) is 59.9 Å². The number of aryl methyl sites for hydroxylation is 1. The molecule has 1 N–H and O–H groups in total. The summed E-state index contributed by atoms with van der Waals surface area (Å²) in [5.41, 5.74) is 2.47. The Balaban J connectivity index is 1.66. The Hall–Kier alpha value is -3.42. The van der Waals surface area contributed by atoms with Gasteiger partial charge in [-0.15, -0.1) is 5.10 Å². The summed E-state index contributed by atoms with van der Waals surface area (Å²) in [5.74, 6) is 1.46. The number of anilines is 1. The number of benzene rings is 2. The van der Waals surface area contributed by atoms with Crippen molar-refractivity contribution in [2.45, 2.75) is 13.5 Å². The molecule has 1 aromatic heterocycles. The molecule has 3 aromatic rings. The van der Waals surface area contributed by atoms with E-state index in [0.717, 1.165) is 17.0 Å². The highest BCUT2D eigenvalue weighted by molar-refractivity contribution is 5.89. The van der Waals surface area contributed by atoms with Crippen LogP contribution in [0, 0.1) is 6.92 Å². The lowest BCUT2D eigenvalue weighted by Gasteiger charge is -2.18. The zero-order valence-electron chi connectivity index (χ0n) is 14.9. The van der Waals surface area contributed by atoms with Gasteiger partial charge in [-0.1, -0.05) is 18.2 Å². The van der Waals surface area contributed by atoms with Gasteiger partial charge in [-0.3, -0.25) is 0 Å². The molecule has 1 heterocycles. The Bertz CT molecular complexity index is 891. The van der Waals surface area contributed by atoms with Gasteiger partial charge in [0.15, 0.2) is 5.82 Å². The number of ether oxygens (including phenoxy) is 1. The molecule has 0 bridgehead atoms. The van der Waals surface area contributed by atoms with Crippen LogP contribution in [0.5, 0.6) is 5.75 Å². The summed E-state index contributed by atoms with van der Waals surface area (Å²) in [6.07, 6.45) is 0. The maximum Gasteiger partial charge on any atom is 0.321 e. The minimum absolute atomic E-state index is 0.202. The number of urea groups is 1. The van der Waals surface area contributed by atoms with E-state index in [1.54, 1.807) is 23.7 Å². The van der Waals surface area contributed by atoms with E-state index in [2.05, 4.69) is 20.8 Å². The van der Waals surface area contributed by atoms with Gasteiger partial charge in [0.05, 0.1) is 12.8 Å². The SMILES string of the molecule is COc1ccc(CN(C)C(=O)Nc2cccc(-n3nnnc3C)c2)cc1. The number of hydrogen-bond donors (Lipinski definition) is 1. The van der Waals surface area contributed by atoms with E-state index < -0.39 is 0 Å². The maximum absolute atomic E-state index is 12.4. The lowest BCUT2D eigenvalue weighted by atomic mass is 10.2. The predicted molar refractivity (Wildman–Crippen MR) is 97.4 cm³/mol. The largest absolute Gasteiger partial charge is 0.497 e. The zero-order valence-corrected chi connectivity index (χ0v) is 14.9. The van der Waals surface area contributed by atoms with E-state index in [1.165, 1.54) is 0 Å². The molecule has 0 fully saturated rings. The van der Waals surface area contributed by atoms with Crippen LogP contribution in [0.2, 0.25) is 0 Å². The molecule has 2 amide bonds. The number of amides is 2. The summed E-state index contributed by atoms with van der Waals surface area (Å²) in [6, 6.07) is 14.8. The van der Waals surface area contributed by atoms with Crippen molar-refractivity contribution in [1.29, 1.82) is 0 Å². The second-order valence-corrected chi connectivity index (χ2v) is 5.82. The summed E-state index contributed by atoms with van der Waals surface area (Å²) in [4.78, 5) is 14.1. The van der Waals surface area contributed by atoms with Gasteiger partial charge in [-0.2, -0.15) is 4.68 Å². The summed E-state index contributed by atoms with van der Waals surface area (Å²) in [5, 5.41) is 14.3. The first-order valence-corrected chi connectivity index (χ1v) is 8.07. The number of nitrogens with zero attached hydrogens (tertiary/aromatic N) is 5. The minimum atomic E-state index is -0.202. The first kappa shape index (κ1) is 17.4. The normalized spacial score (nSPS) is 10.4. The monoisotopic (exact) mass is 352 g/mol. The molecule has 0 radical (unpaired) electrons. The van der Waals surface area contributed by atoms with Gasteiger partial charge in [0, 0.05) is 19.3 Å². The zero-order chi connectivity index (χ0) is 18.5. The molecule has 3 rings (SSSR count). The number of nitrogens with one attached hydrogen (secondary N) is 1. The van der Waals surface area contributed by atoms with Crippen LogP contribution in [0.15, 0.2) is 48.5 Å². The van der Waals surface area contributed by atoms with Crippen LogP contribution in [0.25, 0.3) is 5.69 Å². The van der Waals surface area contributed by atoms with Gasteiger partial charge in [0.1, 0.15) is 5.75 Å². The fourth-order valence-electron chi connectivity index (χ4n) is 2.48. The van der Waals surface area contributed by atoms with Crippen molar-refractivity contribution in [3.8, 4) is 11.4 Å². The van der Waals surface area contributed by atoms with Crippen molar-refractivity contribution in [2.24, 2.45) is 0 Å². The van der Waals surface area contributed by atoms with Gasteiger partial charge < -0.3 is 15.0 Å². The average Bonchev–Trinajstić information content (AvgIpc) is 3.08. The summed E-state index contributed by atoms with van der Waals surface area (Å²) in [7, 11) is 3.37. The molecule has 0 atom stereocenters. The van der Waals surface area contributed by atoms with Crippen molar-refractivity contribution in [1.82, 2.24) is 25.1 Å². The number of carbonyl (C=O) groups excluding carboxylic acids is 1. The Labute approximate surface area is 151 Å². The number of aromatic nitrogens is 4. The molecule has 0 unspecified atom stereocenters. The van der Waals surface area contributed by atoms with Crippen LogP contribution in [-0.4, -0.2) is 45.3 Å². The van der Waals surface area contributed by atoms with E-state index >= 15 is 0 Å². The van der Waals surface area contributed by atoms with E-state index in [-0.39, 0.29) is 6.03 Å². The predicted octanol–water partition coefficient (Wildman–Crippen LogP) is 2.64. The highest BCUT2D eigenvalue weighted by Gasteiger charge is 2.11. The minimum Gasteiger partial charge on any atom is -0.497 e. The maximum atomic E-state index is 12.4. The van der Waals surface area contributed by atoms with E-state index in [9.17, 15) is 4.79 Å². The topological polar surface area (TPSA) is 85.2 Å². The Morgan fingerprint density at radius 3 is 2.65 bits per heavy atom. The van der Waals surface area contributed by atoms with Crippen molar-refractivity contribution < 1.29 is 9.53 Å². The molecular weight excluding hydrogens is 332 g/mol. The second-order valence-electron chi connectivity index (χ2n) is 5.82. The third-order valence-electron chi connectivity index (χ3n) is 3.89. The van der Waals surface area contributed by atoms with Crippen LogP contribution in [-0.2, 0) is 6.54 Å². The first-order valence-electron chi connectivity index (χ1n) is 8.07. The first-order chi connectivity index (χ1) is 12.6. The summed E-state index contributed by atoms with van der Waals surface area (Å²) in [6.45, 7) is 2.30. The van der Waals surface area contributed by atoms with Crippen LogP contribution < -0.4 is 10.1 Å². The average molecular weight is 352 g/mol. The molecule has 2 aromatic carbocycles. The smallest absolute Gasteiger partial charge is 0.321 e. The number of hydrogen-bond acceptors (Lipinski definition) is 5. The lowest BCUT2D eigenvalue weighted by Crippen LogP contribution is -2.30. The summed E-state index contributed by atoms with van der Waals surface area (Å²) < 4.78 is 6.75. The Morgan fingerprint density at radius 2 is 2.00 bits per heavy atom. The number of tetrazole rings is 1. The van der Waals surface area contributed by atoms with E-state index in [0.29, 0.717) is 18.1 Å². The van der Waals surface area contributed by atoms with Crippen molar-refractivity contribution in [2.75, 3.05) is 19.5 Å². The number of carbonyl (C=O) groups is 1. The molecule has 0 spiro atoms. The van der Waals surface area contributed by atoms with Gasteiger partial charge in [-0.05, 0) is 53.2 Å². The standard InChI is InChI=1S/C18H20N6O2/c1-13-20-21-22-24(13)16-6-4-5-15(11-16)19-18(25)23(2)12-14-7-9-17(26-3)10-8-14/h4-11H,12H2,1-3H3,(H,19,25). The van der Waals surface area contributed by atoms with Gasteiger partial charge in [-0.25, -0.2) is 4.79 Å². The Kier molecular flexibility index (Phi) is 5.12. The van der Waals surface area contributed by atoms with E-state index in [1.807, 2.05) is 55.5 Å². The third kappa shape index (κ3) is 3.97. The molecule has 0 aliphatic rings. The molecule has 0 aliphatic carbocycles. The number of methoxy groups -OCH3 is 1. The van der Waals surface area contributed by atoms with Crippen LogP contribution in [0.4, 0.5) is 10.5 Å². The second kappa shape index (κ2) is 7.64. The van der Waals surface area contributed by atoms with Crippen LogP contribution in [0.1, 0.15) is 11.4 Å². The molecule has 26 heavy (non-hydrogen) atoms. The molecule has 0 aliphatic heterocycles. The van der Waals surface area contributed by atoms with Crippen molar-refractivity contribution >= 4 is 11.7 Å². The van der Waals surface area contributed by atoms with Gasteiger partial charge in [0.25, 0.3) is 0 Å². The van der Waals surface area contributed by atoms with E-state index in [4.69, 9.17) is 4.74 Å². The molecule has 0 saturated carbocycles. The Morgan fingerprint density at radius 1 is 1.23 bits per heavy atom. The molecular formula is C18H20N6O2. The molecule has 8 nitrogen and oxygen atoms in total. The van der Waals surface area contributed by atoms with Crippen LogP contribution >= 0.6 is 0 Å². The fourth-order valence-corrected chi connectivity index (χ4v) is 2.48. The highest BCUT2D eigenvalue weighted by atomic mass is 16.5. The number of rotatable bonds is 5. The highest BCUT2D eigenvalue weighted by Crippen LogP contribution is 2.16.